The van der Waals surface area contributed by atoms with Gasteiger partial charge in [0.1, 0.15) is 28.7 Å². The first-order valence-corrected chi connectivity index (χ1v) is 51.5. The van der Waals surface area contributed by atoms with Crippen LogP contribution in [0.1, 0.15) is 109 Å². The molecule has 0 saturated heterocycles. The van der Waals surface area contributed by atoms with E-state index in [1.807, 2.05) is 49.4 Å². The van der Waals surface area contributed by atoms with Crippen LogP contribution >= 0.6 is 29.6 Å². The summed E-state index contributed by atoms with van der Waals surface area (Å²) in [6.07, 6.45) is 18.0. The molecule has 3 aliphatic carbocycles. The Balaban J connectivity index is 0.000000154. The summed E-state index contributed by atoms with van der Waals surface area (Å²) in [6, 6.07) is 58.8. The number of pyridine rings is 3. The third kappa shape index (κ3) is 19.9. The standard InChI is InChI=1S/C33H32N4O5S.C29H25BrN4O5S.C25H24N4O4S.C4H7.BrH.Zn/c1-22-18-30(31(42-3)20-28(22)24-6-4-7-24)37-29-15-14-27(19-25(29)11-16-33(37)38)43(39,40)36(32-8-5-17-34-35-32)21-23-9-12-26(41-2)13-10-23;1-19-15-26(27(39-3)17-24(19)30)34-25-12-11-23(16-21(25)8-13-29(34)35)40(36,37)33(28-5-4-14-31-32-28)18-20-6-9-22(38-2)10-7-20;1-16-13-22(23(33-2)15-20(16)17-5-3-6-17)29-21-10-9-19(14-18(21)8-11-25(29)30)34(31,32)28-24-7-4-12-26-27-24;1-2-4-3-1;;/h5,8-20,24H,4,6-7,21H2,1-3H3;4-17H,18H2,1-3H3;4,7-15,17H,3,5-6H2,1-2H3,(H,27,28);1H,2-4H2;1H;/q;;;-1;;+2/p-1. The minimum atomic E-state index is -4.09. The van der Waals surface area contributed by atoms with E-state index < -0.39 is 30.1 Å². The molecule has 3 fully saturated rings. The minimum absolute atomic E-state index is 0.0257. The van der Waals surface area contributed by atoms with Crippen molar-refractivity contribution in [2.24, 2.45) is 0 Å². The molecule has 123 heavy (non-hydrogen) atoms. The van der Waals surface area contributed by atoms with Crippen LogP contribution in [-0.2, 0) is 59.5 Å². The summed E-state index contributed by atoms with van der Waals surface area (Å²) < 4.78 is 120. The van der Waals surface area contributed by atoms with Crippen molar-refractivity contribution in [3.63, 3.8) is 0 Å². The van der Waals surface area contributed by atoms with Crippen LogP contribution in [0.5, 0.6) is 28.7 Å². The molecule has 0 atom stereocenters. The number of aromatic nitrogens is 9. The van der Waals surface area contributed by atoms with Gasteiger partial charge in [0.15, 0.2) is 17.5 Å². The van der Waals surface area contributed by atoms with E-state index >= 15 is 0 Å². The van der Waals surface area contributed by atoms with Gasteiger partial charge < -0.3 is 30.1 Å². The van der Waals surface area contributed by atoms with Crippen molar-refractivity contribution < 1.29 is 65.3 Å². The fraction of sp³-hybridized carbons (Fsp3) is 0.231. The summed E-state index contributed by atoms with van der Waals surface area (Å²) in [7, 11) is -4.20. The average Bonchev–Trinajstić information content (AvgIpc) is 0.760. The van der Waals surface area contributed by atoms with Gasteiger partial charge in [0.2, 0.25) is 0 Å². The maximum atomic E-state index is 14.2. The first kappa shape index (κ1) is 89.2. The second kappa shape index (κ2) is 39.8. The van der Waals surface area contributed by atoms with Crippen molar-refractivity contribution >= 4 is 110 Å². The molecule has 630 valence electrons. The molecule has 6 heterocycles. The van der Waals surface area contributed by atoms with Crippen LogP contribution < -0.4 is 53.7 Å². The molecule has 14 aromatic rings. The molecular weight excluding hydrogens is 1810 g/mol. The van der Waals surface area contributed by atoms with Crippen molar-refractivity contribution in [3.05, 3.63) is 312 Å². The van der Waals surface area contributed by atoms with Gasteiger partial charge >= 0.3 is 30.0 Å². The summed E-state index contributed by atoms with van der Waals surface area (Å²) in [5.74, 6) is 4.58. The molecule has 3 saturated carbocycles. The number of ether oxygens (including phenoxy) is 5. The van der Waals surface area contributed by atoms with Crippen molar-refractivity contribution in [3.8, 4) is 45.8 Å². The van der Waals surface area contributed by atoms with Crippen LogP contribution in [-0.4, -0.2) is 105 Å². The van der Waals surface area contributed by atoms with Gasteiger partial charge in [-0.15, -0.1) is 21.7 Å². The first-order valence-electron chi connectivity index (χ1n) is 39.4. The van der Waals surface area contributed by atoms with Crippen LogP contribution in [0.3, 0.4) is 0 Å². The number of benzene rings is 8. The number of nitrogens with one attached hydrogen (secondary N) is 1. The predicted octanol–water partition coefficient (Wildman–Crippen LogP) is 17.4. The van der Waals surface area contributed by atoms with Crippen molar-refractivity contribution in [2.45, 2.75) is 118 Å². The summed E-state index contributed by atoms with van der Waals surface area (Å²) in [4.78, 5) is 39.5. The van der Waals surface area contributed by atoms with E-state index in [4.69, 9.17) is 23.7 Å². The zero-order valence-electron chi connectivity index (χ0n) is 68.8. The van der Waals surface area contributed by atoms with Gasteiger partial charge in [-0.2, -0.15) is 28.1 Å². The third-order valence-electron chi connectivity index (χ3n) is 21.7. The molecular formula is C91H88Br2N12O14S3Zn. The summed E-state index contributed by atoms with van der Waals surface area (Å²) in [5, 5.41) is 25.2. The van der Waals surface area contributed by atoms with Gasteiger partial charge in [0.05, 0.1) is 96.9 Å². The molecule has 0 amide bonds. The van der Waals surface area contributed by atoms with Gasteiger partial charge in [0.25, 0.3) is 46.7 Å². The van der Waals surface area contributed by atoms with Gasteiger partial charge in [-0.1, -0.05) is 53.0 Å². The van der Waals surface area contributed by atoms with Crippen molar-refractivity contribution in [2.75, 3.05) is 48.9 Å². The van der Waals surface area contributed by atoms with Gasteiger partial charge in [-0.05, 0) is 267 Å². The maximum absolute atomic E-state index is 14.2. The quantitative estimate of drug-likeness (QED) is 0.0459. The van der Waals surface area contributed by atoms with Crippen molar-refractivity contribution in [1.82, 2.24) is 44.3 Å². The Hall–Kier alpha value is -11.5. The Labute approximate surface area is 738 Å². The van der Waals surface area contributed by atoms with E-state index in [0.29, 0.717) is 90.4 Å². The number of rotatable bonds is 23. The van der Waals surface area contributed by atoms with Gasteiger partial charge in [-0.3, -0.25) is 32.8 Å². The van der Waals surface area contributed by atoms with Crippen molar-refractivity contribution in [1.29, 1.82) is 0 Å². The SMILES string of the molecule is COc1cc(C2CCC2)c(C)cc1-n1c(=O)ccc2cc(S(=O)(=O)Nc3cccnn3)ccc21.COc1ccc(CN(c2cccnn2)S(=O)(=O)c2ccc3c(ccc(=O)n3-c3cc(C)c(Br)cc3OC)c2)cc1.COc1ccc(CN(c2cccnn2)S(=O)(=O)c2ccc3c(ccc(=O)n3-c3cc(C)c(C4CCC4)cc3OC)c2)cc1.[CH-]1CCC1.[Zn+][Br]. The Morgan fingerprint density at radius 3 is 1.12 bits per heavy atom. The number of hydrogen-bond acceptors (Lipinski definition) is 20. The van der Waals surface area contributed by atoms with Crippen LogP contribution in [0.15, 0.2) is 264 Å². The predicted molar refractivity (Wildman–Crippen MR) is 480 cm³/mol. The number of sulfonamides is 3. The molecule has 0 bridgehead atoms. The third-order valence-corrected chi connectivity index (χ3v) is 27.4. The molecule has 1 N–H and O–H groups in total. The number of hydrogen-bond donors (Lipinski definition) is 1. The van der Waals surface area contributed by atoms with E-state index in [0.717, 1.165) is 58.0 Å². The number of fused-ring (bicyclic) bond motifs is 3. The molecule has 17 rings (SSSR count). The molecule has 0 radical (unpaired) electrons. The molecule has 0 aliphatic heterocycles. The first-order chi connectivity index (χ1) is 59.4. The Morgan fingerprint density at radius 1 is 0.431 bits per heavy atom. The number of anilines is 3. The molecule has 0 unspecified atom stereocenters. The summed E-state index contributed by atoms with van der Waals surface area (Å²) in [6.45, 7) is 6.08. The molecule has 8 aromatic carbocycles. The van der Waals surface area contributed by atoms with Crippen LogP contribution in [0, 0.1) is 27.2 Å². The molecule has 0 spiro atoms. The molecule has 6 aromatic heterocycles. The van der Waals surface area contributed by atoms with E-state index in [1.54, 1.807) is 159 Å². The van der Waals surface area contributed by atoms with E-state index in [1.165, 1.54) is 147 Å². The van der Waals surface area contributed by atoms with Crippen LogP contribution in [0.2, 0.25) is 0 Å². The normalized spacial score (nSPS) is 13.1. The monoisotopic (exact) mass is 1890 g/mol. The fourth-order valence-electron chi connectivity index (χ4n) is 14.5. The number of methoxy groups -OCH3 is 5. The Kier molecular flexibility index (Phi) is 28.8. The van der Waals surface area contributed by atoms with Gasteiger partial charge in [0, 0.05) is 57.4 Å². The number of nitrogens with zero attached hydrogens (tertiary/aromatic N) is 11. The van der Waals surface area contributed by atoms with E-state index in [2.05, 4.69) is 85.1 Å². The van der Waals surface area contributed by atoms with E-state index in [9.17, 15) is 39.6 Å². The number of halogens is 2. The molecule has 32 heteroatoms. The molecule has 3 aliphatic rings. The van der Waals surface area contributed by atoms with Crippen LogP contribution in [0.4, 0.5) is 17.5 Å². The molecule has 26 nitrogen and oxygen atoms in total. The Morgan fingerprint density at radius 2 is 0.789 bits per heavy atom. The number of aryl methyl sites for hydroxylation is 3. The zero-order valence-corrected chi connectivity index (χ0v) is 77.4. The van der Waals surface area contributed by atoms with Crippen LogP contribution in [0.25, 0.3) is 49.8 Å². The average molecular weight is 1900 g/mol. The summed E-state index contributed by atoms with van der Waals surface area (Å²) >= 11 is 7.75. The Bertz CT molecular complexity index is 6710. The second-order valence-corrected chi connectivity index (χ2v) is 35.6. The summed E-state index contributed by atoms with van der Waals surface area (Å²) in [5.41, 5.74) is 9.86. The van der Waals surface area contributed by atoms with Gasteiger partial charge in [-0.25, -0.2) is 33.9 Å². The van der Waals surface area contributed by atoms with E-state index in [-0.39, 0.29) is 61.9 Å². The topological polar surface area (TPSA) is 310 Å². The fourth-order valence-corrected chi connectivity index (χ4v) is 18.7. The second-order valence-electron chi connectivity index (χ2n) is 29.3. The zero-order chi connectivity index (χ0) is 87.3.